The molecule has 0 N–H and O–H groups in total. The average Bonchev–Trinajstić information content (AvgIpc) is 2.46. The molecule has 0 bridgehead atoms. The van der Waals surface area contributed by atoms with Crippen molar-refractivity contribution >= 4 is 11.6 Å². The molecule has 0 saturated heterocycles. The highest BCUT2D eigenvalue weighted by Crippen LogP contribution is 2.20. The number of hydrogen-bond acceptors (Lipinski definition) is 2. The van der Waals surface area contributed by atoms with Gasteiger partial charge in [0.15, 0.2) is 0 Å². The molecule has 0 radical (unpaired) electrons. The Morgan fingerprint density at radius 3 is 2.30 bits per heavy atom. The molecule has 0 atom stereocenters. The van der Waals surface area contributed by atoms with E-state index in [-0.39, 0.29) is 5.91 Å². The average molecular weight is 264 g/mol. The van der Waals surface area contributed by atoms with Gasteiger partial charge >= 0.3 is 0 Å². The largest absolute Gasteiger partial charge is 0.311 e. The molecule has 1 amide bonds. The fourth-order valence-corrected chi connectivity index (χ4v) is 2.22. The van der Waals surface area contributed by atoms with Gasteiger partial charge in [-0.25, -0.2) is 0 Å². The fourth-order valence-electron chi connectivity index (χ4n) is 2.22. The Hall–Kier alpha value is -2.60. The number of aryl methyl sites for hydroxylation is 2. The van der Waals surface area contributed by atoms with Crippen molar-refractivity contribution in [3.63, 3.8) is 0 Å². The van der Waals surface area contributed by atoms with E-state index in [1.807, 2.05) is 38.1 Å². The van der Waals surface area contributed by atoms with Gasteiger partial charge in [-0.2, -0.15) is 5.26 Å². The number of amides is 1. The minimum atomic E-state index is -0.0595. The lowest BCUT2D eigenvalue weighted by Gasteiger charge is -2.20. The Morgan fingerprint density at radius 1 is 1.10 bits per heavy atom. The van der Waals surface area contributed by atoms with Crippen LogP contribution in [-0.2, 0) is 0 Å². The summed E-state index contributed by atoms with van der Waals surface area (Å²) in [5, 5.41) is 8.93. The molecule has 2 rings (SSSR count). The lowest BCUT2D eigenvalue weighted by Crippen LogP contribution is -2.27. The van der Waals surface area contributed by atoms with E-state index in [1.165, 1.54) is 0 Å². The Kier molecular flexibility index (Phi) is 3.86. The predicted octanol–water partition coefficient (Wildman–Crippen LogP) is 3.45. The number of anilines is 1. The number of nitriles is 1. The molecule has 20 heavy (non-hydrogen) atoms. The molecule has 0 fully saturated rings. The van der Waals surface area contributed by atoms with E-state index in [0.29, 0.717) is 5.56 Å². The molecular formula is C17H16N2O. The van der Waals surface area contributed by atoms with Crippen molar-refractivity contribution in [1.29, 1.82) is 5.26 Å². The highest BCUT2D eigenvalue weighted by atomic mass is 16.2. The number of carbonyl (C=O) groups is 1. The van der Waals surface area contributed by atoms with Crippen LogP contribution >= 0.6 is 0 Å². The quantitative estimate of drug-likeness (QED) is 0.833. The van der Waals surface area contributed by atoms with Crippen molar-refractivity contribution in [1.82, 2.24) is 0 Å². The minimum absolute atomic E-state index is 0.0595. The van der Waals surface area contributed by atoms with Crippen LogP contribution in [0.5, 0.6) is 0 Å². The zero-order valence-corrected chi connectivity index (χ0v) is 11.8. The van der Waals surface area contributed by atoms with E-state index in [9.17, 15) is 4.79 Å². The Bertz CT molecular complexity index is 678. The van der Waals surface area contributed by atoms with Gasteiger partial charge in [0.25, 0.3) is 5.91 Å². The number of rotatable bonds is 2. The molecular weight excluding hydrogens is 248 g/mol. The number of hydrogen-bond donors (Lipinski definition) is 0. The van der Waals surface area contributed by atoms with Crippen molar-refractivity contribution in [3.8, 4) is 6.07 Å². The third-order valence-corrected chi connectivity index (χ3v) is 3.36. The van der Waals surface area contributed by atoms with Crippen LogP contribution in [-0.4, -0.2) is 13.0 Å². The van der Waals surface area contributed by atoms with Crippen LogP contribution in [0.4, 0.5) is 5.69 Å². The van der Waals surface area contributed by atoms with Crippen molar-refractivity contribution in [3.05, 3.63) is 64.7 Å². The van der Waals surface area contributed by atoms with Gasteiger partial charge in [0.1, 0.15) is 0 Å². The third-order valence-electron chi connectivity index (χ3n) is 3.36. The molecule has 0 aromatic heterocycles. The van der Waals surface area contributed by atoms with Crippen LogP contribution in [0.15, 0.2) is 42.5 Å². The van der Waals surface area contributed by atoms with E-state index in [0.717, 1.165) is 22.4 Å². The van der Waals surface area contributed by atoms with Crippen LogP contribution in [0.3, 0.4) is 0 Å². The molecule has 2 aromatic rings. The van der Waals surface area contributed by atoms with Gasteiger partial charge < -0.3 is 4.90 Å². The van der Waals surface area contributed by atoms with Crippen LogP contribution in [0.1, 0.15) is 27.0 Å². The molecule has 0 spiro atoms. The molecule has 3 nitrogen and oxygen atoms in total. The lowest BCUT2D eigenvalue weighted by atomic mass is 10.0. The second-order valence-corrected chi connectivity index (χ2v) is 4.79. The van der Waals surface area contributed by atoms with E-state index in [2.05, 4.69) is 6.07 Å². The van der Waals surface area contributed by atoms with Gasteiger partial charge in [0, 0.05) is 18.3 Å². The summed E-state index contributed by atoms with van der Waals surface area (Å²) < 4.78 is 0. The summed E-state index contributed by atoms with van der Waals surface area (Å²) in [5.41, 5.74) is 3.90. The SMILES string of the molecule is Cc1cccc(C)c1C(=O)N(C)c1cccc(C#N)c1. The zero-order chi connectivity index (χ0) is 14.7. The first-order valence-corrected chi connectivity index (χ1v) is 6.39. The number of nitrogens with zero attached hydrogens (tertiary/aromatic N) is 2. The standard InChI is InChI=1S/C17H16N2O/c1-12-6-4-7-13(2)16(12)17(20)19(3)15-9-5-8-14(10-15)11-18/h4-10H,1-3H3. The lowest BCUT2D eigenvalue weighted by molar-refractivity contribution is 0.0992. The van der Waals surface area contributed by atoms with Gasteiger partial charge in [-0.05, 0) is 43.2 Å². The highest BCUT2D eigenvalue weighted by Gasteiger charge is 2.17. The monoisotopic (exact) mass is 264 g/mol. The molecule has 0 unspecified atom stereocenters. The topological polar surface area (TPSA) is 44.1 Å². The summed E-state index contributed by atoms with van der Waals surface area (Å²) in [6.45, 7) is 3.86. The van der Waals surface area contributed by atoms with Crippen LogP contribution < -0.4 is 4.90 Å². The summed E-state index contributed by atoms with van der Waals surface area (Å²) >= 11 is 0. The first-order valence-electron chi connectivity index (χ1n) is 6.39. The van der Waals surface area contributed by atoms with Crippen molar-refractivity contribution < 1.29 is 4.79 Å². The second kappa shape index (κ2) is 5.58. The Labute approximate surface area is 119 Å². The van der Waals surface area contributed by atoms with Crippen molar-refractivity contribution in [2.24, 2.45) is 0 Å². The number of carbonyl (C=O) groups excluding carboxylic acids is 1. The zero-order valence-electron chi connectivity index (χ0n) is 11.8. The molecule has 0 saturated carbocycles. The normalized spacial score (nSPS) is 9.90. The van der Waals surface area contributed by atoms with Crippen molar-refractivity contribution in [2.45, 2.75) is 13.8 Å². The molecule has 100 valence electrons. The van der Waals surface area contributed by atoms with E-state index >= 15 is 0 Å². The van der Waals surface area contributed by atoms with E-state index in [1.54, 1.807) is 30.1 Å². The number of benzene rings is 2. The first kappa shape index (κ1) is 13.8. The maximum absolute atomic E-state index is 12.6. The van der Waals surface area contributed by atoms with Gasteiger partial charge in [0.2, 0.25) is 0 Å². The molecule has 2 aromatic carbocycles. The van der Waals surface area contributed by atoms with Crippen molar-refractivity contribution in [2.75, 3.05) is 11.9 Å². The smallest absolute Gasteiger partial charge is 0.258 e. The Morgan fingerprint density at radius 2 is 1.70 bits per heavy atom. The first-order chi connectivity index (χ1) is 9.54. The summed E-state index contributed by atoms with van der Waals surface area (Å²) in [7, 11) is 1.73. The molecule has 3 heteroatoms. The molecule has 0 aliphatic heterocycles. The summed E-state index contributed by atoms with van der Waals surface area (Å²) in [5.74, 6) is -0.0595. The van der Waals surface area contributed by atoms with Crippen LogP contribution in [0.2, 0.25) is 0 Å². The van der Waals surface area contributed by atoms with Crippen LogP contribution in [0.25, 0.3) is 0 Å². The summed E-state index contributed by atoms with van der Waals surface area (Å²) in [4.78, 5) is 14.2. The van der Waals surface area contributed by atoms with Gasteiger partial charge in [-0.15, -0.1) is 0 Å². The minimum Gasteiger partial charge on any atom is -0.311 e. The second-order valence-electron chi connectivity index (χ2n) is 4.79. The van der Waals surface area contributed by atoms with E-state index in [4.69, 9.17) is 5.26 Å². The Balaban J connectivity index is 2.40. The van der Waals surface area contributed by atoms with Gasteiger partial charge in [-0.3, -0.25) is 4.79 Å². The molecule has 0 aliphatic carbocycles. The van der Waals surface area contributed by atoms with E-state index < -0.39 is 0 Å². The van der Waals surface area contributed by atoms with Crippen LogP contribution in [0, 0.1) is 25.2 Å². The maximum atomic E-state index is 12.6. The van der Waals surface area contributed by atoms with Gasteiger partial charge in [0.05, 0.1) is 11.6 Å². The maximum Gasteiger partial charge on any atom is 0.258 e. The summed E-state index contributed by atoms with van der Waals surface area (Å²) in [6, 6.07) is 14.9. The third kappa shape index (κ3) is 2.55. The summed E-state index contributed by atoms with van der Waals surface area (Å²) in [6.07, 6.45) is 0. The molecule has 0 aliphatic rings. The highest BCUT2D eigenvalue weighted by molar-refractivity contribution is 6.07. The van der Waals surface area contributed by atoms with Gasteiger partial charge in [-0.1, -0.05) is 24.3 Å². The fraction of sp³-hybridized carbons (Fsp3) is 0.176. The molecule has 0 heterocycles. The predicted molar refractivity (Wildman–Crippen MR) is 79.8 cm³/mol.